The molecule has 422 valence electrons. The molecule has 2 fully saturated rings. The Bertz CT molecular complexity index is 2780. The summed E-state index contributed by atoms with van der Waals surface area (Å²) in [6, 6.07) is 16.5. The summed E-state index contributed by atoms with van der Waals surface area (Å²) in [5, 5.41) is 84.8. The molecular weight excluding hydrogens is 1050 g/mol. The maximum absolute atomic E-state index is 15.0. The van der Waals surface area contributed by atoms with Crippen molar-refractivity contribution in [3.05, 3.63) is 82.7 Å². The van der Waals surface area contributed by atoms with E-state index in [1.54, 1.807) is 12.1 Å². The fourth-order valence-corrected chi connectivity index (χ4v) is 11.3. The van der Waals surface area contributed by atoms with Crippen LogP contribution >= 0.6 is 19.4 Å². The third kappa shape index (κ3) is 14.5. The SMILES string of the molecule is CCCCCCCCCCCCCCCCCCOC[C@H](COP(=O)(OC[C@H]1O[C@@](C#N)(c2ccc3c(N)ncnn23)[C@H](O)[C@@H]1O)OC[C@H]1O[C@@](C#N)(c2ccc3c(N)ncnn23)[C@H](O)[C@@H]1O)OCc1cc(Cl)cc(C#N)c1. The average molecular weight is 1120 g/mol. The molecule has 0 unspecified atom stereocenters. The molecular formula is C53H71ClN11O12P. The predicted octanol–water partition coefficient (Wildman–Crippen LogP) is 6.86. The van der Waals surface area contributed by atoms with Crippen molar-refractivity contribution in [2.45, 2.75) is 170 Å². The van der Waals surface area contributed by atoms with Crippen molar-refractivity contribution >= 4 is 42.1 Å². The van der Waals surface area contributed by atoms with Crippen LogP contribution in [0.15, 0.2) is 55.1 Å². The second kappa shape index (κ2) is 28.7. The van der Waals surface area contributed by atoms with E-state index in [2.05, 4.69) is 33.2 Å². The van der Waals surface area contributed by atoms with Gasteiger partial charge in [-0.25, -0.2) is 23.6 Å². The predicted molar refractivity (Wildman–Crippen MR) is 284 cm³/mol. The first kappa shape index (κ1) is 60.3. The zero-order chi connectivity index (χ0) is 55.7. The fraction of sp³-hybridized carbons (Fsp3) is 0.604. The first-order valence-electron chi connectivity index (χ1n) is 26.7. The van der Waals surface area contributed by atoms with E-state index in [0.717, 1.165) is 38.3 Å². The number of aromatic nitrogens is 6. The smallest absolute Gasteiger partial charge is 0.387 e. The number of nitrogens with two attached hydrogens (primary N) is 2. The van der Waals surface area contributed by atoms with Crippen molar-refractivity contribution in [2.24, 2.45) is 0 Å². The molecule has 0 bridgehead atoms. The quantitative estimate of drug-likeness (QED) is 0.0184. The van der Waals surface area contributed by atoms with Crippen molar-refractivity contribution in [3.8, 4) is 18.2 Å². The number of aliphatic hydroxyl groups is 4. The Morgan fingerprint density at radius 2 is 1.17 bits per heavy atom. The Hall–Kier alpha value is -5.39. The number of hydrogen-bond acceptors (Lipinski definition) is 21. The molecule has 5 aromatic rings. The van der Waals surface area contributed by atoms with Gasteiger partial charge >= 0.3 is 7.82 Å². The summed E-state index contributed by atoms with van der Waals surface area (Å²) in [6.07, 6.45) is 10.3. The number of fused-ring (bicyclic) bond motifs is 2. The van der Waals surface area contributed by atoms with Crippen LogP contribution in [0.1, 0.15) is 132 Å². The lowest BCUT2D eigenvalue weighted by molar-refractivity contribution is -0.0802. The average Bonchev–Trinajstić information content (AvgIpc) is 4.41. The van der Waals surface area contributed by atoms with E-state index in [4.69, 9.17) is 55.6 Å². The number of benzene rings is 1. The first-order chi connectivity index (χ1) is 37.7. The number of anilines is 2. The molecule has 0 aliphatic carbocycles. The summed E-state index contributed by atoms with van der Waals surface area (Å²) in [6.45, 7) is 0.309. The number of phosphoric acid groups is 1. The van der Waals surface area contributed by atoms with E-state index in [1.165, 1.54) is 116 Å². The highest BCUT2D eigenvalue weighted by atomic mass is 35.5. The molecule has 4 aromatic heterocycles. The van der Waals surface area contributed by atoms with Crippen LogP contribution in [0.5, 0.6) is 0 Å². The topological polar surface area (TPSA) is 346 Å². The van der Waals surface area contributed by atoms with Gasteiger partial charge < -0.3 is 50.8 Å². The molecule has 2 aliphatic rings. The summed E-state index contributed by atoms with van der Waals surface area (Å²) < 4.78 is 59.5. The fourth-order valence-electron chi connectivity index (χ4n) is 9.84. The molecule has 1 aromatic carbocycles. The van der Waals surface area contributed by atoms with E-state index < -0.39 is 81.6 Å². The van der Waals surface area contributed by atoms with Crippen LogP contribution in [0.2, 0.25) is 5.02 Å². The largest absolute Gasteiger partial charge is 0.475 e. The molecule has 9 atom stereocenters. The van der Waals surface area contributed by atoms with Gasteiger partial charge in [0.1, 0.15) is 78.6 Å². The number of aliphatic hydroxyl groups excluding tert-OH is 4. The van der Waals surface area contributed by atoms with Gasteiger partial charge in [-0.3, -0.25) is 13.6 Å². The molecule has 25 heteroatoms. The van der Waals surface area contributed by atoms with Crippen LogP contribution in [0.25, 0.3) is 11.0 Å². The summed E-state index contributed by atoms with van der Waals surface area (Å²) in [7, 11) is -4.97. The van der Waals surface area contributed by atoms with Gasteiger partial charge in [-0.05, 0) is 54.4 Å². The maximum atomic E-state index is 15.0. The lowest BCUT2D eigenvalue weighted by Crippen LogP contribution is -2.41. The minimum absolute atomic E-state index is 0.00294. The second-order valence-corrected chi connectivity index (χ2v) is 21.9. The minimum Gasteiger partial charge on any atom is -0.387 e. The molecule has 8 N–H and O–H groups in total. The Morgan fingerprint density at radius 1 is 0.692 bits per heavy atom. The monoisotopic (exact) mass is 1120 g/mol. The molecule has 2 aliphatic heterocycles. The van der Waals surface area contributed by atoms with Gasteiger partial charge in [-0.15, -0.1) is 0 Å². The summed E-state index contributed by atoms with van der Waals surface area (Å²) >= 11 is 6.30. The molecule has 2 saturated heterocycles. The van der Waals surface area contributed by atoms with Gasteiger partial charge in [0.25, 0.3) is 0 Å². The van der Waals surface area contributed by atoms with Gasteiger partial charge in [-0.1, -0.05) is 115 Å². The molecule has 0 saturated carbocycles. The highest BCUT2D eigenvalue weighted by Crippen LogP contribution is 2.52. The lowest BCUT2D eigenvalue weighted by Gasteiger charge is -2.26. The molecule has 23 nitrogen and oxygen atoms in total. The van der Waals surface area contributed by atoms with Crippen molar-refractivity contribution in [2.75, 3.05) is 44.5 Å². The third-order valence-electron chi connectivity index (χ3n) is 14.2. The Labute approximate surface area is 458 Å². The normalized spacial score (nSPS) is 23.7. The van der Waals surface area contributed by atoms with Gasteiger partial charge in [-0.2, -0.15) is 26.0 Å². The second-order valence-electron chi connectivity index (χ2n) is 19.8. The maximum Gasteiger partial charge on any atom is 0.475 e. The molecule has 0 amide bonds. The zero-order valence-electron chi connectivity index (χ0n) is 43.9. The Morgan fingerprint density at radius 3 is 1.63 bits per heavy atom. The Kier molecular flexibility index (Phi) is 22.1. The molecule has 0 spiro atoms. The molecule has 7 rings (SSSR count). The van der Waals surface area contributed by atoms with Crippen molar-refractivity contribution in [3.63, 3.8) is 0 Å². The third-order valence-corrected chi connectivity index (χ3v) is 15.8. The summed E-state index contributed by atoms with van der Waals surface area (Å²) in [5.74, 6) is 0.132. The first-order valence-corrected chi connectivity index (χ1v) is 28.6. The van der Waals surface area contributed by atoms with Crippen LogP contribution in [-0.4, -0.2) is 125 Å². The lowest BCUT2D eigenvalue weighted by atomic mass is 9.92. The highest BCUT2D eigenvalue weighted by Gasteiger charge is 2.59. The number of ether oxygens (including phenoxy) is 4. The Balaban J connectivity index is 1.02. The standard InChI is InChI=1S/C53H71ClN11O12P/c1-2-3-4-5-6-7-8-9-10-11-12-13-14-15-16-17-22-71-28-39(72-27-37-23-36(26-55)24-38(54)25-37)29-73-78(70,74-30-42-46(66)48(68)52(32-56,76-42)44-20-18-40-50(58)60-34-62-64(40)44)75-31-43-47(67)49(69)53(33-57,77-43)45-21-19-41-51(59)61-35-63-65(41)45/h18-21,23-25,34-35,39,42-43,46-49,66-69H,2-17,22,27-31H2,1H3,(H2,58,60,62)(H2,59,61,63)/t39-,42-,43-,46-,47-,48-,49-,52+,53+/m1/s1. The zero-order valence-corrected chi connectivity index (χ0v) is 45.5. The minimum atomic E-state index is -4.97. The van der Waals surface area contributed by atoms with Crippen LogP contribution in [0.3, 0.4) is 0 Å². The number of nitrogens with zero attached hydrogens (tertiary/aromatic N) is 9. The number of phosphoric ester groups is 1. The van der Waals surface area contributed by atoms with E-state index in [9.17, 15) is 40.8 Å². The molecule has 6 heterocycles. The van der Waals surface area contributed by atoms with E-state index in [0.29, 0.717) is 22.8 Å². The van der Waals surface area contributed by atoms with Crippen LogP contribution < -0.4 is 11.5 Å². The highest BCUT2D eigenvalue weighted by molar-refractivity contribution is 7.48. The molecule has 78 heavy (non-hydrogen) atoms. The van der Waals surface area contributed by atoms with Crippen molar-refractivity contribution < 1.29 is 57.5 Å². The van der Waals surface area contributed by atoms with E-state index in [-0.39, 0.29) is 47.3 Å². The van der Waals surface area contributed by atoms with E-state index >= 15 is 0 Å². The molecule has 0 radical (unpaired) electrons. The van der Waals surface area contributed by atoms with Crippen molar-refractivity contribution in [1.82, 2.24) is 29.2 Å². The number of rotatable bonds is 33. The van der Waals surface area contributed by atoms with Gasteiger partial charge in [0.05, 0.1) is 56.1 Å². The van der Waals surface area contributed by atoms with Crippen LogP contribution in [-0.2, 0) is 54.9 Å². The number of nitriles is 3. The van der Waals surface area contributed by atoms with Crippen LogP contribution in [0.4, 0.5) is 11.6 Å². The summed E-state index contributed by atoms with van der Waals surface area (Å²) in [5.41, 5.74) is 8.96. The van der Waals surface area contributed by atoms with Gasteiger partial charge in [0, 0.05) is 11.6 Å². The number of unbranched alkanes of at least 4 members (excludes halogenated alkanes) is 15. The van der Waals surface area contributed by atoms with Crippen molar-refractivity contribution in [1.29, 1.82) is 15.8 Å². The van der Waals surface area contributed by atoms with E-state index in [1.807, 2.05) is 12.1 Å². The number of nitrogen functional groups attached to an aromatic ring is 2. The number of halogens is 1. The number of hydrogen-bond donors (Lipinski definition) is 6. The summed E-state index contributed by atoms with van der Waals surface area (Å²) in [4.78, 5) is 7.90. The van der Waals surface area contributed by atoms with Gasteiger partial charge in [0.15, 0.2) is 11.6 Å². The van der Waals surface area contributed by atoms with Gasteiger partial charge in [0.2, 0.25) is 11.2 Å². The van der Waals surface area contributed by atoms with Crippen LogP contribution in [0, 0.1) is 34.0 Å².